The van der Waals surface area contributed by atoms with Gasteiger partial charge in [0.1, 0.15) is 0 Å². The SMILES string of the molecule is C=CCCCC(CC(=O)[O-])C(=O)[O-].[Ca+2]. The van der Waals surface area contributed by atoms with Crippen LogP contribution in [0, 0.1) is 5.92 Å². The van der Waals surface area contributed by atoms with Crippen LogP contribution in [0.5, 0.6) is 0 Å². The van der Waals surface area contributed by atoms with E-state index in [-0.39, 0.29) is 37.7 Å². The summed E-state index contributed by atoms with van der Waals surface area (Å²) in [5.74, 6) is -3.62. The molecule has 0 aromatic rings. The molecular formula is C9H12CaO4. The molecule has 14 heavy (non-hydrogen) atoms. The summed E-state index contributed by atoms with van der Waals surface area (Å²) in [6.07, 6.45) is 2.76. The molecule has 74 valence electrons. The van der Waals surface area contributed by atoms with E-state index in [1.54, 1.807) is 6.08 Å². The first-order valence-corrected chi connectivity index (χ1v) is 4.09. The topological polar surface area (TPSA) is 80.3 Å². The number of aliphatic carboxylic acids is 2. The maximum atomic E-state index is 10.4. The third-order valence-corrected chi connectivity index (χ3v) is 1.71. The Balaban J connectivity index is 0. The van der Waals surface area contributed by atoms with E-state index in [9.17, 15) is 19.8 Å². The van der Waals surface area contributed by atoms with Crippen LogP contribution in [0.3, 0.4) is 0 Å². The average molecular weight is 224 g/mol. The van der Waals surface area contributed by atoms with Crippen molar-refractivity contribution in [2.45, 2.75) is 25.7 Å². The molecule has 0 fully saturated rings. The molecule has 0 spiro atoms. The van der Waals surface area contributed by atoms with Crippen molar-refractivity contribution in [1.29, 1.82) is 0 Å². The third-order valence-electron chi connectivity index (χ3n) is 1.71. The first-order chi connectivity index (χ1) is 6.07. The maximum Gasteiger partial charge on any atom is 2.00 e. The Morgan fingerprint density at radius 2 is 1.93 bits per heavy atom. The van der Waals surface area contributed by atoms with Crippen LogP contribution < -0.4 is 10.2 Å². The maximum absolute atomic E-state index is 10.4. The summed E-state index contributed by atoms with van der Waals surface area (Å²) >= 11 is 0. The fraction of sp³-hybridized carbons (Fsp3) is 0.556. The van der Waals surface area contributed by atoms with Crippen molar-refractivity contribution in [1.82, 2.24) is 0 Å². The number of carbonyl (C=O) groups excluding carboxylic acids is 2. The summed E-state index contributed by atoms with van der Waals surface area (Å²) in [6.45, 7) is 3.47. The zero-order valence-corrected chi connectivity index (χ0v) is 10.2. The quantitative estimate of drug-likeness (QED) is 0.298. The number of hydrogen-bond acceptors (Lipinski definition) is 4. The van der Waals surface area contributed by atoms with Gasteiger partial charge in [-0.05, 0) is 25.7 Å². The number of hydrogen-bond donors (Lipinski definition) is 0. The average Bonchev–Trinajstić information content (AvgIpc) is 2.02. The molecule has 0 aromatic carbocycles. The Labute approximate surface area is 113 Å². The van der Waals surface area contributed by atoms with Crippen LogP contribution in [0.4, 0.5) is 0 Å². The molecule has 5 heteroatoms. The molecule has 0 aliphatic rings. The number of carboxylic acid groups (broad SMARTS) is 2. The molecule has 0 aliphatic heterocycles. The third kappa shape index (κ3) is 8.53. The fourth-order valence-electron chi connectivity index (χ4n) is 1.01. The zero-order valence-electron chi connectivity index (χ0n) is 8.03. The second-order valence-electron chi connectivity index (χ2n) is 2.81. The number of rotatable bonds is 7. The first kappa shape index (κ1) is 16.4. The summed E-state index contributed by atoms with van der Waals surface area (Å²) in [7, 11) is 0. The van der Waals surface area contributed by atoms with E-state index in [4.69, 9.17) is 0 Å². The van der Waals surface area contributed by atoms with Gasteiger partial charge in [-0.3, -0.25) is 0 Å². The predicted octanol–water partition coefficient (Wildman–Crippen LogP) is -1.53. The van der Waals surface area contributed by atoms with Gasteiger partial charge in [0.05, 0.1) is 0 Å². The van der Waals surface area contributed by atoms with Gasteiger partial charge in [-0.15, -0.1) is 6.58 Å². The van der Waals surface area contributed by atoms with Crippen molar-refractivity contribution in [2.75, 3.05) is 0 Å². The van der Waals surface area contributed by atoms with E-state index < -0.39 is 24.3 Å². The van der Waals surface area contributed by atoms with E-state index in [1.807, 2.05) is 0 Å². The molecule has 1 unspecified atom stereocenters. The molecule has 1 atom stereocenters. The summed E-state index contributed by atoms with van der Waals surface area (Å²) in [4.78, 5) is 20.5. The predicted molar refractivity (Wildman–Crippen MR) is 47.9 cm³/mol. The van der Waals surface area contributed by atoms with Gasteiger partial charge in [0.2, 0.25) is 0 Å². The second kappa shape index (κ2) is 9.49. The fourth-order valence-corrected chi connectivity index (χ4v) is 1.01. The first-order valence-electron chi connectivity index (χ1n) is 4.09. The van der Waals surface area contributed by atoms with Gasteiger partial charge in [0.15, 0.2) is 0 Å². The largest absolute Gasteiger partial charge is 2.00 e. The molecule has 0 bridgehead atoms. The number of carbonyl (C=O) groups is 2. The molecule has 0 amide bonds. The summed E-state index contributed by atoms with van der Waals surface area (Å²) in [5.41, 5.74) is 0. The molecule has 0 heterocycles. The van der Waals surface area contributed by atoms with Crippen LogP contribution in [0.15, 0.2) is 12.7 Å². The Morgan fingerprint density at radius 3 is 2.29 bits per heavy atom. The normalized spacial score (nSPS) is 11.1. The summed E-state index contributed by atoms with van der Waals surface area (Å²) in [5, 5.41) is 20.5. The van der Waals surface area contributed by atoms with Gasteiger partial charge in [0.25, 0.3) is 0 Å². The molecular weight excluding hydrogens is 212 g/mol. The minimum atomic E-state index is -1.35. The second-order valence-corrected chi connectivity index (χ2v) is 2.81. The van der Waals surface area contributed by atoms with Gasteiger partial charge in [-0.2, -0.15) is 0 Å². The summed E-state index contributed by atoms with van der Waals surface area (Å²) < 4.78 is 0. The van der Waals surface area contributed by atoms with Crippen LogP contribution in [0.1, 0.15) is 25.7 Å². The Bertz CT molecular complexity index is 203. The van der Waals surface area contributed by atoms with Crippen molar-refractivity contribution in [2.24, 2.45) is 5.92 Å². The standard InChI is InChI=1S/C9H14O4.Ca/c1-2-3-4-5-7(9(12)13)6-8(10)11;/h2,7H,1,3-6H2,(H,10,11)(H,12,13);/q;+2/p-2. The van der Waals surface area contributed by atoms with Crippen LogP contribution in [0.25, 0.3) is 0 Å². The number of carboxylic acids is 2. The molecule has 0 saturated carbocycles. The van der Waals surface area contributed by atoms with Gasteiger partial charge in [-0.1, -0.05) is 6.08 Å². The molecule has 0 aliphatic carbocycles. The van der Waals surface area contributed by atoms with Gasteiger partial charge >= 0.3 is 37.7 Å². The zero-order chi connectivity index (χ0) is 10.3. The molecule has 0 N–H and O–H groups in total. The van der Waals surface area contributed by atoms with E-state index in [0.717, 1.165) is 0 Å². The van der Waals surface area contributed by atoms with E-state index >= 15 is 0 Å². The van der Waals surface area contributed by atoms with Crippen molar-refractivity contribution in [3.05, 3.63) is 12.7 Å². The van der Waals surface area contributed by atoms with Gasteiger partial charge in [0, 0.05) is 17.9 Å². The molecule has 0 radical (unpaired) electrons. The van der Waals surface area contributed by atoms with Gasteiger partial charge in [-0.25, -0.2) is 0 Å². The van der Waals surface area contributed by atoms with Crippen molar-refractivity contribution in [3.8, 4) is 0 Å². The molecule has 0 rings (SSSR count). The molecule has 0 aromatic heterocycles. The van der Waals surface area contributed by atoms with E-state index in [0.29, 0.717) is 19.3 Å². The Kier molecular flexibility index (Phi) is 11.1. The van der Waals surface area contributed by atoms with Gasteiger partial charge < -0.3 is 19.8 Å². The van der Waals surface area contributed by atoms with Crippen LogP contribution >= 0.6 is 0 Å². The van der Waals surface area contributed by atoms with Crippen molar-refractivity contribution in [3.63, 3.8) is 0 Å². The number of unbranched alkanes of at least 4 members (excludes halogenated alkanes) is 1. The monoisotopic (exact) mass is 224 g/mol. The van der Waals surface area contributed by atoms with Crippen LogP contribution in [0.2, 0.25) is 0 Å². The van der Waals surface area contributed by atoms with Crippen molar-refractivity contribution < 1.29 is 19.8 Å². The van der Waals surface area contributed by atoms with E-state index in [2.05, 4.69) is 6.58 Å². The number of allylic oxidation sites excluding steroid dienone is 1. The van der Waals surface area contributed by atoms with E-state index in [1.165, 1.54) is 0 Å². The summed E-state index contributed by atoms with van der Waals surface area (Å²) in [6, 6.07) is 0. The Morgan fingerprint density at radius 1 is 1.36 bits per heavy atom. The van der Waals surface area contributed by atoms with Crippen molar-refractivity contribution >= 4 is 49.7 Å². The molecule has 4 nitrogen and oxygen atoms in total. The van der Waals surface area contributed by atoms with Crippen LogP contribution in [-0.2, 0) is 9.59 Å². The Hall–Kier alpha value is -0.0603. The molecule has 0 saturated heterocycles. The van der Waals surface area contributed by atoms with Crippen LogP contribution in [-0.4, -0.2) is 49.7 Å². The minimum absolute atomic E-state index is 0. The minimum Gasteiger partial charge on any atom is -0.550 e. The smallest absolute Gasteiger partial charge is 0.550 e.